The first-order chi connectivity index (χ1) is 14.4. The van der Waals surface area contributed by atoms with E-state index in [1.54, 1.807) is 42.5 Å². The minimum Gasteiger partial charge on any atom is -0.368 e. The lowest BCUT2D eigenvalue weighted by Gasteiger charge is -2.21. The molecule has 2 heterocycles. The Morgan fingerprint density at radius 2 is 1.60 bits per heavy atom. The van der Waals surface area contributed by atoms with Crippen LogP contribution >= 0.6 is 0 Å². The summed E-state index contributed by atoms with van der Waals surface area (Å²) in [7, 11) is -2.00. The van der Waals surface area contributed by atoms with Crippen LogP contribution in [0.5, 0.6) is 0 Å². The lowest BCUT2D eigenvalue weighted by Crippen LogP contribution is -2.22. The number of para-hydroxylation sites is 1. The monoisotopic (exact) mass is 416 g/mol. The second kappa shape index (κ2) is 6.57. The van der Waals surface area contributed by atoms with E-state index in [4.69, 9.17) is 0 Å². The first-order valence-corrected chi connectivity index (χ1v) is 11.1. The summed E-state index contributed by atoms with van der Waals surface area (Å²) in [5.41, 5.74) is 3.84. The number of carbonyl (C=O) groups excluding carboxylic acids is 1. The van der Waals surface area contributed by atoms with Gasteiger partial charge in [-0.3, -0.25) is 4.79 Å². The summed E-state index contributed by atoms with van der Waals surface area (Å²) in [5.74, 6) is -0.147. The highest BCUT2D eigenvalue weighted by atomic mass is 32.2. The van der Waals surface area contributed by atoms with Crippen molar-refractivity contribution in [1.82, 2.24) is 3.97 Å². The lowest BCUT2D eigenvalue weighted by molar-refractivity contribution is 0.104. The van der Waals surface area contributed by atoms with Crippen LogP contribution in [0.1, 0.15) is 27.2 Å². The summed E-state index contributed by atoms with van der Waals surface area (Å²) < 4.78 is 28.7. The number of rotatable bonds is 2. The highest BCUT2D eigenvalue weighted by Gasteiger charge is 2.33. The molecule has 150 valence electrons. The highest BCUT2D eigenvalue weighted by Crippen LogP contribution is 2.37. The Bertz CT molecular complexity index is 1420. The Morgan fingerprint density at radius 3 is 2.37 bits per heavy atom. The van der Waals surface area contributed by atoms with E-state index in [0.29, 0.717) is 34.3 Å². The fourth-order valence-electron chi connectivity index (χ4n) is 4.24. The lowest BCUT2D eigenvalue weighted by atomic mass is 9.99. The Hall–Kier alpha value is -3.38. The number of hydrogen-bond acceptors (Lipinski definition) is 4. The number of carbonyl (C=O) groups is 1. The fourth-order valence-corrected chi connectivity index (χ4v) is 5.81. The highest BCUT2D eigenvalue weighted by molar-refractivity contribution is 7.90. The van der Waals surface area contributed by atoms with E-state index >= 15 is 0 Å². The number of benzene rings is 3. The van der Waals surface area contributed by atoms with Crippen LogP contribution in [0.25, 0.3) is 10.9 Å². The van der Waals surface area contributed by atoms with Gasteiger partial charge in [-0.15, -0.1) is 0 Å². The average Bonchev–Trinajstić information content (AvgIpc) is 3.03. The molecule has 6 heteroatoms. The van der Waals surface area contributed by atoms with Crippen molar-refractivity contribution in [3.05, 3.63) is 95.2 Å². The van der Waals surface area contributed by atoms with Crippen LogP contribution < -0.4 is 4.90 Å². The molecule has 1 aliphatic heterocycles. The molecule has 5 rings (SSSR count). The van der Waals surface area contributed by atoms with Crippen LogP contribution in [0.4, 0.5) is 5.69 Å². The van der Waals surface area contributed by atoms with Crippen LogP contribution in [0.3, 0.4) is 0 Å². The van der Waals surface area contributed by atoms with Gasteiger partial charge in [0.1, 0.15) is 0 Å². The molecule has 5 nitrogen and oxygen atoms in total. The van der Waals surface area contributed by atoms with Crippen LogP contribution in [0.15, 0.2) is 77.7 Å². The zero-order chi connectivity index (χ0) is 21.0. The van der Waals surface area contributed by atoms with Gasteiger partial charge in [0.25, 0.3) is 10.0 Å². The molecule has 4 aromatic rings. The van der Waals surface area contributed by atoms with Gasteiger partial charge in [0.2, 0.25) is 0 Å². The van der Waals surface area contributed by atoms with Crippen molar-refractivity contribution in [2.45, 2.75) is 18.4 Å². The number of anilines is 1. The molecule has 0 spiro atoms. The van der Waals surface area contributed by atoms with Gasteiger partial charge in [-0.1, -0.05) is 48.0 Å². The molecule has 0 aliphatic carbocycles. The zero-order valence-corrected chi connectivity index (χ0v) is 17.5. The zero-order valence-electron chi connectivity index (χ0n) is 16.7. The normalized spacial score (nSPS) is 13.8. The van der Waals surface area contributed by atoms with Gasteiger partial charge in [0.05, 0.1) is 28.2 Å². The summed E-state index contributed by atoms with van der Waals surface area (Å²) in [6.45, 7) is 2.25. The van der Waals surface area contributed by atoms with Crippen molar-refractivity contribution in [3.8, 4) is 0 Å². The van der Waals surface area contributed by atoms with Crippen molar-refractivity contribution in [2.75, 3.05) is 11.9 Å². The number of aromatic nitrogens is 1. The SMILES string of the molecule is Cc1ccc2c(c1)C(=O)c1c(n(S(=O)(=O)c3ccccc3)c3ccccc13)CN2C. The van der Waals surface area contributed by atoms with Crippen molar-refractivity contribution in [3.63, 3.8) is 0 Å². The molecule has 0 bridgehead atoms. The van der Waals surface area contributed by atoms with E-state index in [9.17, 15) is 13.2 Å². The van der Waals surface area contributed by atoms with Gasteiger partial charge in [0, 0.05) is 23.7 Å². The maximum Gasteiger partial charge on any atom is 0.268 e. The van der Waals surface area contributed by atoms with Crippen molar-refractivity contribution in [2.24, 2.45) is 0 Å². The topological polar surface area (TPSA) is 59.4 Å². The van der Waals surface area contributed by atoms with Gasteiger partial charge in [-0.25, -0.2) is 12.4 Å². The quantitative estimate of drug-likeness (QED) is 0.487. The molecular weight excluding hydrogens is 396 g/mol. The number of nitrogens with zero attached hydrogens (tertiary/aromatic N) is 2. The van der Waals surface area contributed by atoms with Gasteiger partial charge >= 0.3 is 0 Å². The summed E-state index contributed by atoms with van der Waals surface area (Å²) in [5, 5.41) is 0.653. The summed E-state index contributed by atoms with van der Waals surface area (Å²) in [6, 6.07) is 21.3. The first-order valence-electron chi connectivity index (χ1n) is 9.69. The molecule has 0 unspecified atom stereocenters. The summed E-state index contributed by atoms with van der Waals surface area (Å²) >= 11 is 0. The number of fused-ring (bicyclic) bond motifs is 4. The molecule has 3 aromatic carbocycles. The maximum atomic E-state index is 13.7. The van der Waals surface area contributed by atoms with Crippen LogP contribution in [-0.2, 0) is 16.6 Å². The average molecular weight is 417 g/mol. The summed E-state index contributed by atoms with van der Waals surface area (Å²) in [6.07, 6.45) is 0. The third kappa shape index (κ3) is 2.60. The van der Waals surface area contributed by atoms with Crippen molar-refractivity contribution >= 4 is 32.4 Å². The minimum atomic E-state index is -3.88. The van der Waals surface area contributed by atoms with Gasteiger partial charge in [-0.2, -0.15) is 0 Å². The van der Waals surface area contributed by atoms with E-state index < -0.39 is 10.0 Å². The molecule has 1 aromatic heterocycles. The Labute approximate surface area is 175 Å². The van der Waals surface area contributed by atoms with Crippen molar-refractivity contribution in [1.29, 1.82) is 0 Å². The Kier molecular flexibility index (Phi) is 4.08. The van der Waals surface area contributed by atoms with E-state index in [1.165, 1.54) is 3.97 Å². The molecule has 0 N–H and O–H groups in total. The fraction of sp³-hybridized carbons (Fsp3) is 0.125. The third-order valence-corrected chi connectivity index (χ3v) is 7.39. The predicted molar refractivity (Wildman–Crippen MR) is 118 cm³/mol. The second-order valence-corrected chi connectivity index (χ2v) is 9.41. The Morgan fingerprint density at radius 1 is 0.900 bits per heavy atom. The van der Waals surface area contributed by atoms with E-state index in [0.717, 1.165) is 11.3 Å². The number of hydrogen-bond donors (Lipinski definition) is 0. The predicted octanol–water partition coefficient (Wildman–Crippen LogP) is 4.37. The third-order valence-electron chi connectivity index (χ3n) is 5.63. The molecular formula is C24H20N2O3S. The smallest absolute Gasteiger partial charge is 0.268 e. The molecule has 0 atom stereocenters. The Balaban J connectivity index is 1.88. The standard InChI is InChI=1S/C24H20N2O3S/c1-16-12-13-20-19(14-16)24(27)23-18-10-6-7-11-21(18)26(22(23)15-25(20)2)30(28,29)17-8-4-3-5-9-17/h3-14H,15H2,1-2H3. The van der Waals surface area contributed by atoms with Gasteiger partial charge < -0.3 is 4.90 Å². The van der Waals surface area contributed by atoms with E-state index in [-0.39, 0.29) is 10.7 Å². The largest absolute Gasteiger partial charge is 0.368 e. The molecule has 0 amide bonds. The van der Waals surface area contributed by atoms with Crippen LogP contribution in [0, 0.1) is 6.92 Å². The number of ketones is 1. The molecule has 30 heavy (non-hydrogen) atoms. The molecule has 0 saturated carbocycles. The van der Waals surface area contributed by atoms with Gasteiger partial charge in [0.15, 0.2) is 5.78 Å². The van der Waals surface area contributed by atoms with Crippen LogP contribution in [0.2, 0.25) is 0 Å². The number of aryl methyl sites for hydroxylation is 1. The molecule has 0 radical (unpaired) electrons. The minimum absolute atomic E-state index is 0.147. The second-order valence-electron chi connectivity index (χ2n) is 7.63. The van der Waals surface area contributed by atoms with Crippen molar-refractivity contribution < 1.29 is 13.2 Å². The molecule has 0 saturated heterocycles. The summed E-state index contributed by atoms with van der Waals surface area (Å²) in [4.78, 5) is 15.8. The van der Waals surface area contributed by atoms with Gasteiger partial charge in [-0.05, 0) is 37.3 Å². The van der Waals surface area contributed by atoms with E-state index in [1.807, 2.05) is 49.2 Å². The maximum absolute atomic E-state index is 13.7. The molecule has 0 fully saturated rings. The first kappa shape index (κ1) is 18.6. The van der Waals surface area contributed by atoms with E-state index in [2.05, 4.69) is 0 Å². The van der Waals surface area contributed by atoms with Crippen LogP contribution in [-0.4, -0.2) is 25.2 Å². The molecule has 1 aliphatic rings.